The van der Waals surface area contributed by atoms with Crippen LogP contribution in [0.3, 0.4) is 0 Å². The number of hydrogen-bond acceptors (Lipinski definition) is 3. The third-order valence-corrected chi connectivity index (χ3v) is 4.67. The van der Waals surface area contributed by atoms with Crippen LogP contribution in [0.25, 0.3) is 0 Å². The highest BCUT2D eigenvalue weighted by Crippen LogP contribution is 2.35. The average molecular weight is 330 g/mol. The summed E-state index contributed by atoms with van der Waals surface area (Å²) in [5.74, 6) is 0.231. The summed E-state index contributed by atoms with van der Waals surface area (Å²) in [6, 6.07) is 6.48. The second-order valence-corrected chi connectivity index (χ2v) is 6.40. The fraction of sp³-hybridized carbons (Fsp3) is 0.500. The molecule has 1 N–H and O–H groups in total. The molecule has 1 saturated carbocycles. The maximum atomic E-state index is 13.2. The minimum Gasteiger partial charge on any atom is -0.349 e. The second-order valence-electron chi connectivity index (χ2n) is 6.40. The Bertz CT molecular complexity index is 636. The minimum atomic E-state index is -0.247. The van der Waals surface area contributed by atoms with Gasteiger partial charge in [0.05, 0.1) is 6.04 Å². The largest absolute Gasteiger partial charge is 0.349 e. The van der Waals surface area contributed by atoms with Crippen molar-refractivity contribution in [3.63, 3.8) is 0 Å². The van der Waals surface area contributed by atoms with E-state index in [0.29, 0.717) is 18.9 Å². The highest BCUT2D eigenvalue weighted by Gasteiger charge is 2.27. The Labute approximate surface area is 141 Å². The van der Waals surface area contributed by atoms with Crippen molar-refractivity contribution in [2.75, 3.05) is 0 Å². The molecule has 1 aromatic carbocycles. The van der Waals surface area contributed by atoms with E-state index in [1.54, 1.807) is 23.1 Å². The predicted molar refractivity (Wildman–Crippen MR) is 88.5 cm³/mol. The van der Waals surface area contributed by atoms with Crippen LogP contribution in [-0.4, -0.2) is 20.7 Å². The topological polar surface area (TPSA) is 59.8 Å². The minimum absolute atomic E-state index is 0.0213. The fourth-order valence-corrected chi connectivity index (χ4v) is 3.43. The number of amides is 1. The molecule has 0 aliphatic heterocycles. The lowest BCUT2D eigenvalue weighted by Crippen LogP contribution is -2.32. The number of hydrogen-bond donors (Lipinski definition) is 1. The van der Waals surface area contributed by atoms with E-state index in [1.807, 2.05) is 0 Å². The van der Waals surface area contributed by atoms with Crippen LogP contribution in [0, 0.1) is 11.7 Å². The molecular weight excluding hydrogens is 307 g/mol. The van der Waals surface area contributed by atoms with E-state index in [-0.39, 0.29) is 17.8 Å². The molecule has 1 atom stereocenters. The van der Waals surface area contributed by atoms with Crippen molar-refractivity contribution in [3.05, 3.63) is 48.3 Å². The summed E-state index contributed by atoms with van der Waals surface area (Å²) in [6.07, 6.45) is 8.93. The molecule has 24 heavy (non-hydrogen) atoms. The molecular formula is C18H23FN4O. The SMILES string of the molecule is O=C(CCCn1cncn1)N[C@H](c1ccc(F)cc1)C1CCCC1. The van der Waals surface area contributed by atoms with Crippen molar-refractivity contribution in [2.24, 2.45) is 5.92 Å². The molecule has 1 fully saturated rings. The van der Waals surface area contributed by atoms with Crippen molar-refractivity contribution in [3.8, 4) is 0 Å². The smallest absolute Gasteiger partial charge is 0.220 e. The Hall–Kier alpha value is -2.24. The van der Waals surface area contributed by atoms with E-state index in [2.05, 4.69) is 15.4 Å². The standard InChI is InChI=1S/C18H23FN4O/c19-16-9-7-15(8-10-16)18(14-4-1-2-5-14)22-17(24)6-3-11-23-13-20-12-21-23/h7-10,12-14,18H,1-6,11H2,(H,22,24)/t18-/m0/s1. The monoisotopic (exact) mass is 330 g/mol. The van der Waals surface area contributed by atoms with Crippen LogP contribution in [0.5, 0.6) is 0 Å². The Morgan fingerprint density at radius 3 is 2.71 bits per heavy atom. The summed E-state index contributed by atoms with van der Waals surface area (Å²) in [5, 5.41) is 7.20. The zero-order chi connectivity index (χ0) is 16.8. The van der Waals surface area contributed by atoms with Crippen LogP contribution < -0.4 is 5.32 Å². The summed E-state index contributed by atoms with van der Waals surface area (Å²) in [4.78, 5) is 16.2. The van der Waals surface area contributed by atoms with Crippen molar-refractivity contribution in [1.29, 1.82) is 0 Å². The van der Waals surface area contributed by atoms with E-state index in [1.165, 1.54) is 31.3 Å². The van der Waals surface area contributed by atoms with Crippen molar-refractivity contribution < 1.29 is 9.18 Å². The Morgan fingerprint density at radius 1 is 1.29 bits per heavy atom. The molecule has 1 aromatic heterocycles. The van der Waals surface area contributed by atoms with Gasteiger partial charge in [-0.15, -0.1) is 0 Å². The molecule has 1 amide bonds. The lowest BCUT2D eigenvalue weighted by Gasteiger charge is -2.25. The molecule has 0 unspecified atom stereocenters. The van der Waals surface area contributed by atoms with Gasteiger partial charge < -0.3 is 5.32 Å². The van der Waals surface area contributed by atoms with Gasteiger partial charge in [0, 0.05) is 13.0 Å². The first kappa shape index (κ1) is 16.6. The maximum Gasteiger partial charge on any atom is 0.220 e. The van der Waals surface area contributed by atoms with Gasteiger partial charge in [-0.25, -0.2) is 9.37 Å². The van der Waals surface area contributed by atoms with E-state index in [0.717, 1.165) is 24.8 Å². The van der Waals surface area contributed by atoms with Crippen LogP contribution in [0.2, 0.25) is 0 Å². The van der Waals surface area contributed by atoms with Gasteiger partial charge in [-0.3, -0.25) is 9.48 Å². The van der Waals surface area contributed by atoms with Crippen LogP contribution in [0.15, 0.2) is 36.9 Å². The van der Waals surface area contributed by atoms with Crippen LogP contribution in [0.1, 0.15) is 50.1 Å². The third kappa shape index (κ3) is 4.40. The van der Waals surface area contributed by atoms with Crippen LogP contribution in [-0.2, 0) is 11.3 Å². The normalized spacial score (nSPS) is 16.2. The molecule has 0 spiro atoms. The Morgan fingerprint density at radius 2 is 2.04 bits per heavy atom. The molecule has 6 heteroatoms. The molecule has 0 bridgehead atoms. The van der Waals surface area contributed by atoms with Crippen molar-refractivity contribution in [1.82, 2.24) is 20.1 Å². The number of benzene rings is 1. The van der Waals surface area contributed by atoms with Gasteiger partial charge in [0.15, 0.2) is 0 Å². The molecule has 0 radical (unpaired) electrons. The quantitative estimate of drug-likeness (QED) is 0.848. The highest BCUT2D eigenvalue weighted by molar-refractivity contribution is 5.76. The number of carbonyl (C=O) groups is 1. The molecule has 128 valence electrons. The predicted octanol–water partition coefficient (Wildman–Crippen LogP) is 3.25. The average Bonchev–Trinajstić information content (AvgIpc) is 3.27. The fourth-order valence-electron chi connectivity index (χ4n) is 3.43. The highest BCUT2D eigenvalue weighted by atomic mass is 19.1. The molecule has 3 rings (SSSR count). The molecule has 5 nitrogen and oxygen atoms in total. The summed E-state index contributed by atoms with van der Waals surface area (Å²) in [7, 11) is 0. The summed E-state index contributed by atoms with van der Waals surface area (Å²) < 4.78 is 14.9. The van der Waals surface area contributed by atoms with Crippen LogP contribution in [0.4, 0.5) is 4.39 Å². The van der Waals surface area contributed by atoms with Gasteiger partial charge in [0.25, 0.3) is 0 Å². The lowest BCUT2D eigenvalue weighted by atomic mass is 9.91. The van der Waals surface area contributed by atoms with Gasteiger partial charge in [-0.05, 0) is 42.9 Å². The van der Waals surface area contributed by atoms with E-state index in [4.69, 9.17) is 0 Å². The first-order valence-corrected chi connectivity index (χ1v) is 8.59. The maximum absolute atomic E-state index is 13.2. The summed E-state index contributed by atoms with van der Waals surface area (Å²) in [6.45, 7) is 0.679. The van der Waals surface area contributed by atoms with Gasteiger partial charge in [0.2, 0.25) is 5.91 Å². The third-order valence-electron chi connectivity index (χ3n) is 4.67. The van der Waals surface area contributed by atoms with E-state index >= 15 is 0 Å². The van der Waals surface area contributed by atoms with Gasteiger partial charge in [-0.2, -0.15) is 5.10 Å². The number of aryl methyl sites for hydroxylation is 1. The van der Waals surface area contributed by atoms with Gasteiger partial charge in [0.1, 0.15) is 18.5 Å². The van der Waals surface area contributed by atoms with E-state index < -0.39 is 0 Å². The van der Waals surface area contributed by atoms with Crippen molar-refractivity contribution in [2.45, 2.75) is 51.1 Å². The molecule has 2 aromatic rings. The molecule has 1 aliphatic carbocycles. The number of nitrogens with zero attached hydrogens (tertiary/aromatic N) is 3. The first-order valence-electron chi connectivity index (χ1n) is 8.59. The van der Waals surface area contributed by atoms with E-state index in [9.17, 15) is 9.18 Å². The number of nitrogens with one attached hydrogen (secondary N) is 1. The number of carbonyl (C=O) groups excluding carboxylic acids is 1. The van der Waals surface area contributed by atoms with Crippen LogP contribution >= 0.6 is 0 Å². The first-order chi connectivity index (χ1) is 11.7. The molecule has 1 aliphatic rings. The summed E-state index contributed by atoms with van der Waals surface area (Å²) >= 11 is 0. The summed E-state index contributed by atoms with van der Waals surface area (Å²) in [5.41, 5.74) is 0.993. The number of rotatable bonds is 7. The number of halogens is 1. The van der Waals surface area contributed by atoms with Crippen molar-refractivity contribution >= 4 is 5.91 Å². The zero-order valence-corrected chi connectivity index (χ0v) is 13.7. The van der Waals surface area contributed by atoms with Gasteiger partial charge >= 0.3 is 0 Å². The molecule has 0 saturated heterocycles. The number of aromatic nitrogens is 3. The Balaban J connectivity index is 1.58. The molecule has 1 heterocycles. The Kier molecular flexibility index (Phi) is 5.56. The second kappa shape index (κ2) is 8.04. The lowest BCUT2D eigenvalue weighted by molar-refractivity contribution is -0.122. The van der Waals surface area contributed by atoms with Gasteiger partial charge in [-0.1, -0.05) is 25.0 Å². The zero-order valence-electron chi connectivity index (χ0n) is 13.7.